The molecular weight excluding hydrogens is 364 g/mol. The van der Waals surface area contributed by atoms with Crippen molar-refractivity contribution in [2.75, 3.05) is 51.1 Å². The minimum atomic E-state index is -3.38. The number of nitrogens with one attached hydrogen (secondary N) is 1. The van der Waals surface area contributed by atoms with E-state index in [9.17, 15) is 13.2 Å². The molecular formula is C19H30N4O3S. The molecule has 1 N–H and O–H groups in total. The molecule has 1 amide bonds. The molecule has 2 fully saturated rings. The first kappa shape index (κ1) is 20.3. The molecule has 0 saturated carbocycles. The SMILES string of the molecule is Cc1ccccc1NC(=O)CN1CCN(S(=O)(=O)N2CCC(C)CC2)CC1. The summed E-state index contributed by atoms with van der Waals surface area (Å²) in [7, 11) is -3.38. The number of nitrogens with zero attached hydrogens (tertiary/aromatic N) is 3. The highest BCUT2D eigenvalue weighted by atomic mass is 32.2. The molecule has 2 aliphatic heterocycles. The number of aryl methyl sites for hydroxylation is 1. The molecule has 0 unspecified atom stereocenters. The van der Waals surface area contributed by atoms with E-state index in [2.05, 4.69) is 12.2 Å². The van der Waals surface area contributed by atoms with Crippen LogP contribution in [-0.2, 0) is 15.0 Å². The van der Waals surface area contributed by atoms with Gasteiger partial charge in [-0.2, -0.15) is 17.0 Å². The highest BCUT2D eigenvalue weighted by Crippen LogP contribution is 2.21. The van der Waals surface area contributed by atoms with Crippen molar-refractivity contribution in [2.24, 2.45) is 5.92 Å². The predicted molar refractivity (Wildman–Crippen MR) is 107 cm³/mol. The molecule has 0 aromatic heterocycles. The Balaban J connectivity index is 1.48. The third kappa shape index (κ3) is 5.07. The number of para-hydroxylation sites is 1. The molecule has 150 valence electrons. The van der Waals surface area contributed by atoms with Gasteiger partial charge in [0.15, 0.2) is 0 Å². The predicted octanol–water partition coefficient (Wildman–Crippen LogP) is 1.53. The Morgan fingerprint density at radius 2 is 1.63 bits per heavy atom. The Labute approximate surface area is 162 Å². The standard InChI is InChI=1S/C19H30N4O3S/c1-16-7-9-22(10-8-16)27(25,26)23-13-11-21(12-14-23)15-19(24)20-18-6-4-3-5-17(18)2/h3-6,16H,7-15H2,1-2H3,(H,20,24). The molecule has 7 nitrogen and oxygen atoms in total. The summed E-state index contributed by atoms with van der Waals surface area (Å²) in [6, 6.07) is 7.68. The van der Waals surface area contributed by atoms with E-state index >= 15 is 0 Å². The van der Waals surface area contributed by atoms with Crippen LogP contribution in [0.3, 0.4) is 0 Å². The molecule has 2 aliphatic rings. The topological polar surface area (TPSA) is 73.0 Å². The van der Waals surface area contributed by atoms with Crippen molar-refractivity contribution in [2.45, 2.75) is 26.7 Å². The largest absolute Gasteiger partial charge is 0.325 e. The molecule has 8 heteroatoms. The van der Waals surface area contributed by atoms with Crippen LogP contribution in [-0.4, -0.2) is 73.6 Å². The van der Waals surface area contributed by atoms with Crippen molar-refractivity contribution in [3.8, 4) is 0 Å². The smallest absolute Gasteiger partial charge is 0.282 e. The number of hydrogen-bond donors (Lipinski definition) is 1. The highest BCUT2D eigenvalue weighted by Gasteiger charge is 2.34. The zero-order valence-corrected chi connectivity index (χ0v) is 17.0. The van der Waals surface area contributed by atoms with Crippen LogP contribution in [0, 0.1) is 12.8 Å². The number of rotatable bonds is 5. The fourth-order valence-electron chi connectivity index (χ4n) is 3.60. The molecule has 2 saturated heterocycles. The maximum atomic E-state index is 12.8. The van der Waals surface area contributed by atoms with Gasteiger partial charge in [0.2, 0.25) is 5.91 Å². The number of carbonyl (C=O) groups is 1. The van der Waals surface area contributed by atoms with E-state index in [0.717, 1.165) is 24.1 Å². The number of amides is 1. The normalized spacial score (nSPS) is 21.3. The Hall–Kier alpha value is -1.48. The molecule has 0 aliphatic carbocycles. The van der Waals surface area contributed by atoms with E-state index in [1.807, 2.05) is 36.1 Å². The van der Waals surface area contributed by atoms with Crippen molar-refractivity contribution in [3.05, 3.63) is 29.8 Å². The average Bonchev–Trinajstić information content (AvgIpc) is 2.64. The van der Waals surface area contributed by atoms with Crippen molar-refractivity contribution < 1.29 is 13.2 Å². The van der Waals surface area contributed by atoms with Gasteiger partial charge in [-0.05, 0) is 37.3 Å². The monoisotopic (exact) mass is 394 g/mol. The van der Waals surface area contributed by atoms with Crippen molar-refractivity contribution >= 4 is 21.8 Å². The van der Waals surface area contributed by atoms with Gasteiger partial charge in [0.05, 0.1) is 6.54 Å². The number of carbonyl (C=O) groups excluding carboxylic acids is 1. The van der Waals surface area contributed by atoms with E-state index < -0.39 is 10.2 Å². The van der Waals surface area contributed by atoms with Crippen LogP contribution in [0.25, 0.3) is 0 Å². The molecule has 0 atom stereocenters. The minimum absolute atomic E-state index is 0.0642. The molecule has 0 bridgehead atoms. The zero-order chi connectivity index (χ0) is 19.4. The van der Waals surface area contributed by atoms with Crippen molar-refractivity contribution in [1.29, 1.82) is 0 Å². The number of benzene rings is 1. The second-order valence-electron chi connectivity index (χ2n) is 7.63. The Bertz CT molecular complexity index is 752. The van der Waals surface area contributed by atoms with E-state index in [1.165, 1.54) is 0 Å². The Morgan fingerprint density at radius 1 is 1.04 bits per heavy atom. The van der Waals surface area contributed by atoms with Gasteiger partial charge in [-0.1, -0.05) is 25.1 Å². The second kappa shape index (κ2) is 8.68. The van der Waals surface area contributed by atoms with E-state index in [0.29, 0.717) is 45.2 Å². The third-order valence-electron chi connectivity index (χ3n) is 5.51. The van der Waals surface area contributed by atoms with Crippen LogP contribution in [0.2, 0.25) is 0 Å². The number of hydrogen-bond acceptors (Lipinski definition) is 4. The van der Waals surface area contributed by atoms with Gasteiger partial charge in [-0.3, -0.25) is 9.69 Å². The first-order valence-electron chi connectivity index (χ1n) is 9.69. The zero-order valence-electron chi connectivity index (χ0n) is 16.2. The van der Waals surface area contributed by atoms with E-state index in [1.54, 1.807) is 8.61 Å². The fraction of sp³-hybridized carbons (Fsp3) is 0.632. The van der Waals surface area contributed by atoms with E-state index in [-0.39, 0.29) is 12.5 Å². The van der Waals surface area contributed by atoms with Gasteiger partial charge in [0.1, 0.15) is 0 Å². The summed E-state index contributed by atoms with van der Waals surface area (Å²) in [5.41, 5.74) is 1.85. The van der Waals surface area contributed by atoms with Crippen LogP contribution < -0.4 is 5.32 Å². The number of piperidine rings is 1. The summed E-state index contributed by atoms with van der Waals surface area (Å²) in [4.78, 5) is 14.3. The molecule has 2 heterocycles. The van der Waals surface area contributed by atoms with Crippen LogP contribution >= 0.6 is 0 Å². The summed E-state index contributed by atoms with van der Waals surface area (Å²) < 4.78 is 28.8. The molecule has 1 aromatic rings. The van der Waals surface area contributed by atoms with Crippen LogP contribution in [0.4, 0.5) is 5.69 Å². The summed E-state index contributed by atoms with van der Waals surface area (Å²) >= 11 is 0. The van der Waals surface area contributed by atoms with E-state index in [4.69, 9.17) is 0 Å². The van der Waals surface area contributed by atoms with Gasteiger partial charge in [0.25, 0.3) is 10.2 Å². The highest BCUT2D eigenvalue weighted by molar-refractivity contribution is 7.86. The molecule has 0 spiro atoms. The first-order chi connectivity index (χ1) is 12.9. The average molecular weight is 395 g/mol. The summed E-state index contributed by atoms with van der Waals surface area (Å²) in [5, 5.41) is 2.93. The van der Waals surface area contributed by atoms with Crippen molar-refractivity contribution in [3.63, 3.8) is 0 Å². The van der Waals surface area contributed by atoms with Crippen LogP contribution in [0.5, 0.6) is 0 Å². The Morgan fingerprint density at radius 3 is 2.26 bits per heavy atom. The van der Waals surface area contributed by atoms with Gasteiger partial charge in [-0.15, -0.1) is 0 Å². The molecule has 0 radical (unpaired) electrons. The fourth-order valence-corrected chi connectivity index (χ4v) is 5.23. The molecule has 1 aromatic carbocycles. The van der Waals surface area contributed by atoms with Gasteiger partial charge >= 0.3 is 0 Å². The lowest BCUT2D eigenvalue weighted by Crippen LogP contribution is -2.55. The lowest BCUT2D eigenvalue weighted by Gasteiger charge is -2.38. The lowest BCUT2D eigenvalue weighted by atomic mass is 10.0. The van der Waals surface area contributed by atoms with Gasteiger partial charge < -0.3 is 5.32 Å². The van der Waals surface area contributed by atoms with Gasteiger partial charge in [-0.25, -0.2) is 0 Å². The minimum Gasteiger partial charge on any atom is -0.325 e. The molecule has 3 rings (SSSR count). The summed E-state index contributed by atoms with van der Waals surface area (Å²) in [6.45, 7) is 7.66. The maximum absolute atomic E-state index is 12.8. The lowest BCUT2D eigenvalue weighted by molar-refractivity contribution is -0.117. The maximum Gasteiger partial charge on any atom is 0.282 e. The quantitative estimate of drug-likeness (QED) is 0.822. The van der Waals surface area contributed by atoms with Gasteiger partial charge in [0, 0.05) is 45.0 Å². The van der Waals surface area contributed by atoms with Crippen molar-refractivity contribution in [1.82, 2.24) is 13.5 Å². The Kier molecular flexibility index (Phi) is 6.52. The summed E-state index contributed by atoms with van der Waals surface area (Å²) in [5.74, 6) is 0.533. The van der Waals surface area contributed by atoms with Crippen LogP contribution in [0.1, 0.15) is 25.3 Å². The third-order valence-corrected chi connectivity index (χ3v) is 7.55. The number of piperazine rings is 1. The second-order valence-corrected chi connectivity index (χ2v) is 9.56. The first-order valence-corrected chi connectivity index (χ1v) is 11.1. The summed E-state index contributed by atoms with van der Waals surface area (Å²) in [6.07, 6.45) is 1.86. The number of anilines is 1. The van der Waals surface area contributed by atoms with Crippen LogP contribution in [0.15, 0.2) is 24.3 Å². The molecule has 27 heavy (non-hydrogen) atoms.